The minimum Gasteiger partial charge on any atom is -0.353 e. The Morgan fingerprint density at radius 1 is 0.944 bits per heavy atom. The van der Waals surface area contributed by atoms with Gasteiger partial charge in [0.15, 0.2) is 0 Å². The Bertz CT molecular complexity index is 341. The lowest BCUT2D eigenvalue weighted by Gasteiger charge is -2.43. The summed E-state index contributed by atoms with van der Waals surface area (Å²) in [4.78, 5) is 22.8. The number of hydrogen-bond donors (Lipinski definition) is 1. The minimum absolute atomic E-state index is 0.144. The van der Waals surface area contributed by atoms with Crippen LogP contribution in [0.25, 0.3) is 0 Å². The summed E-state index contributed by atoms with van der Waals surface area (Å²) in [7, 11) is 0. The van der Waals surface area contributed by atoms with E-state index in [4.69, 9.17) is 18.9 Å². The molecule has 7 nitrogen and oxygen atoms in total. The lowest BCUT2D eigenvalue weighted by molar-refractivity contribution is -0.309. The number of hydrogen-bond acceptors (Lipinski definition) is 6. The third kappa shape index (κ3) is 2.26. The largest absolute Gasteiger partial charge is 0.353 e. The van der Waals surface area contributed by atoms with Gasteiger partial charge in [-0.05, 0) is 0 Å². The van der Waals surface area contributed by atoms with Gasteiger partial charge >= 0.3 is 0 Å². The zero-order valence-corrected chi connectivity index (χ0v) is 9.79. The monoisotopic (exact) mass is 257 g/mol. The number of nitrogens with one attached hydrogen (secondary N) is 1. The molecule has 3 saturated heterocycles. The van der Waals surface area contributed by atoms with E-state index >= 15 is 0 Å². The van der Waals surface area contributed by atoms with Gasteiger partial charge in [-0.1, -0.05) is 0 Å². The predicted molar refractivity (Wildman–Crippen MR) is 56.2 cm³/mol. The van der Waals surface area contributed by atoms with Crippen molar-refractivity contribution < 1.29 is 28.5 Å². The molecule has 0 aromatic carbocycles. The molecule has 100 valence electrons. The third-order valence-electron chi connectivity index (χ3n) is 3.50. The van der Waals surface area contributed by atoms with Crippen LogP contribution in [0.2, 0.25) is 0 Å². The number of imide groups is 1. The van der Waals surface area contributed by atoms with Crippen LogP contribution in [-0.4, -0.2) is 50.3 Å². The van der Waals surface area contributed by atoms with Crippen LogP contribution in [0.3, 0.4) is 0 Å². The molecule has 3 atom stereocenters. The van der Waals surface area contributed by atoms with Gasteiger partial charge in [-0.25, -0.2) is 0 Å². The van der Waals surface area contributed by atoms with Crippen LogP contribution in [-0.2, 0) is 28.5 Å². The maximum Gasteiger partial charge on any atom is 0.226 e. The summed E-state index contributed by atoms with van der Waals surface area (Å²) in [6, 6.07) is 0. The molecule has 0 spiro atoms. The molecule has 7 heteroatoms. The quantitative estimate of drug-likeness (QED) is 0.616. The van der Waals surface area contributed by atoms with Gasteiger partial charge < -0.3 is 18.9 Å². The van der Waals surface area contributed by atoms with E-state index < -0.39 is 0 Å². The van der Waals surface area contributed by atoms with Crippen molar-refractivity contribution in [1.29, 1.82) is 0 Å². The van der Waals surface area contributed by atoms with Gasteiger partial charge in [-0.2, -0.15) is 0 Å². The number of ether oxygens (including phenoxy) is 4. The standard InChI is InChI=1S/C11H15NO6/c13-8-1-6(2-9(14)12-8)10-11-7(16-5-18-10)3-15-4-17-11/h6-7,10-11H,1-5H2,(H,12,13,14)/t7-,10+,11-/m1/s1. The minimum atomic E-state index is -0.289. The summed E-state index contributed by atoms with van der Waals surface area (Å²) >= 11 is 0. The average Bonchev–Trinajstić information content (AvgIpc) is 2.37. The molecular weight excluding hydrogens is 242 g/mol. The topological polar surface area (TPSA) is 83.1 Å². The van der Waals surface area contributed by atoms with Crippen LogP contribution in [0, 0.1) is 5.92 Å². The lowest BCUT2D eigenvalue weighted by atomic mass is 9.86. The number of amides is 2. The fraction of sp³-hybridized carbons (Fsp3) is 0.818. The molecule has 3 rings (SSSR count). The van der Waals surface area contributed by atoms with Gasteiger partial charge in [0, 0.05) is 18.8 Å². The first-order valence-electron chi connectivity index (χ1n) is 5.99. The molecule has 0 unspecified atom stereocenters. The number of carbonyl (C=O) groups excluding carboxylic acids is 2. The second-order valence-electron chi connectivity index (χ2n) is 4.71. The smallest absolute Gasteiger partial charge is 0.226 e. The molecule has 0 bridgehead atoms. The maximum atomic E-state index is 11.4. The maximum absolute atomic E-state index is 11.4. The van der Waals surface area contributed by atoms with E-state index in [1.807, 2.05) is 0 Å². The first kappa shape index (κ1) is 12.0. The molecular formula is C11H15NO6. The number of rotatable bonds is 1. The fourth-order valence-electron chi connectivity index (χ4n) is 2.69. The number of fused-ring (bicyclic) bond motifs is 1. The van der Waals surface area contributed by atoms with Crippen molar-refractivity contribution in [2.45, 2.75) is 31.2 Å². The Balaban J connectivity index is 1.73. The average molecular weight is 257 g/mol. The lowest BCUT2D eigenvalue weighted by Crippen LogP contribution is -2.57. The van der Waals surface area contributed by atoms with Crippen LogP contribution in [0.1, 0.15) is 12.8 Å². The van der Waals surface area contributed by atoms with E-state index in [0.717, 1.165) is 0 Å². The van der Waals surface area contributed by atoms with E-state index in [2.05, 4.69) is 5.32 Å². The summed E-state index contributed by atoms with van der Waals surface area (Å²) in [5, 5.41) is 2.29. The van der Waals surface area contributed by atoms with Gasteiger partial charge in [0.25, 0.3) is 0 Å². The van der Waals surface area contributed by atoms with Crippen LogP contribution < -0.4 is 5.32 Å². The highest BCUT2D eigenvalue weighted by atomic mass is 16.7. The Morgan fingerprint density at radius 3 is 2.44 bits per heavy atom. The highest BCUT2D eigenvalue weighted by Gasteiger charge is 2.44. The van der Waals surface area contributed by atoms with Gasteiger partial charge in [0.2, 0.25) is 11.8 Å². The van der Waals surface area contributed by atoms with Crippen LogP contribution in [0.5, 0.6) is 0 Å². The summed E-state index contributed by atoms with van der Waals surface area (Å²) < 4.78 is 21.6. The highest BCUT2D eigenvalue weighted by molar-refractivity contribution is 5.97. The normalized spacial score (nSPS) is 38.1. The number of carbonyl (C=O) groups is 2. The Hall–Kier alpha value is -1.02. The van der Waals surface area contributed by atoms with Crippen LogP contribution in [0.4, 0.5) is 0 Å². The Morgan fingerprint density at radius 2 is 1.67 bits per heavy atom. The first-order chi connectivity index (χ1) is 8.74. The molecule has 3 fully saturated rings. The number of piperidine rings is 1. The van der Waals surface area contributed by atoms with Gasteiger partial charge in [-0.3, -0.25) is 14.9 Å². The molecule has 0 aromatic rings. The van der Waals surface area contributed by atoms with Crippen molar-refractivity contribution >= 4 is 11.8 Å². The highest BCUT2D eigenvalue weighted by Crippen LogP contribution is 2.30. The molecule has 2 amide bonds. The van der Waals surface area contributed by atoms with Crippen LogP contribution >= 0.6 is 0 Å². The van der Waals surface area contributed by atoms with E-state index in [0.29, 0.717) is 6.61 Å². The SMILES string of the molecule is O=C1CC([C@@H]2OCO[C@@H]3COCO[C@H]32)CC(=O)N1. The summed E-state index contributed by atoms with van der Waals surface area (Å²) in [6.45, 7) is 0.791. The van der Waals surface area contributed by atoms with Gasteiger partial charge in [0.1, 0.15) is 25.8 Å². The van der Waals surface area contributed by atoms with E-state index in [1.165, 1.54) is 0 Å². The zero-order chi connectivity index (χ0) is 12.5. The second kappa shape index (κ2) is 4.93. The molecule has 3 heterocycles. The van der Waals surface area contributed by atoms with E-state index in [9.17, 15) is 9.59 Å². The second-order valence-corrected chi connectivity index (χ2v) is 4.71. The molecule has 3 aliphatic rings. The molecule has 1 N–H and O–H groups in total. The van der Waals surface area contributed by atoms with E-state index in [-0.39, 0.29) is 62.5 Å². The fourth-order valence-corrected chi connectivity index (χ4v) is 2.69. The van der Waals surface area contributed by atoms with Gasteiger partial charge in [0.05, 0.1) is 12.7 Å². The zero-order valence-electron chi connectivity index (χ0n) is 9.79. The van der Waals surface area contributed by atoms with Crippen molar-refractivity contribution in [1.82, 2.24) is 5.32 Å². The Labute approximate surface area is 104 Å². The molecule has 0 aliphatic carbocycles. The molecule has 18 heavy (non-hydrogen) atoms. The predicted octanol–water partition coefficient (Wildman–Crippen LogP) is -0.846. The first-order valence-corrected chi connectivity index (χ1v) is 5.99. The van der Waals surface area contributed by atoms with Gasteiger partial charge in [-0.15, -0.1) is 0 Å². The third-order valence-corrected chi connectivity index (χ3v) is 3.50. The van der Waals surface area contributed by atoms with Crippen molar-refractivity contribution in [2.75, 3.05) is 20.2 Å². The summed E-state index contributed by atoms with van der Waals surface area (Å²) in [6.07, 6.45) is -0.176. The molecule has 0 aromatic heterocycles. The summed E-state index contributed by atoms with van der Waals surface area (Å²) in [5.74, 6) is -0.661. The van der Waals surface area contributed by atoms with Crippen molar-refractivity contribution in [3.05, 3.63) is 0 Å². The van der Waals surface area contributed by atoms with Crippen molar-refractivity contribution in [3.8, 4) is 0 Å². The van der Waals surface area contributed by atoms with E-state index in [1.54, 1.807) is 0 Å². The van der Waals surface area contributed by atoms with Crippen molar-refractivity contribution in [3.63, 3.8) is 0 Å². The van der Waals surface area contributed by atoms with Crippen LogP contribution in [0.15, 0.2) is 0 Å². The van der Waals surface area contributed by atoms with Crippen molar-refractivity contribution in [2.24, 2.45) is 5.92 Å². The Kier molecular flexibility index (Phi) is 3.29. The molecule has 3 aliphatic heterocycles. The molecule has 0 radical (unpaired) electrons. The summed E-state index contributed by atoms with van der Waals surface area (Å²) in [5.41, 5.74) is 0. The molecule has 0 saturated carbocycles.